The zero-order chi connectivity index (χ0) is 23.6. The van der Waals surface area contributed by atoms with E-state index in [1.54, 1.807) is 0 Å². The van der Waals surface area contributed by atoms with Crippen LogP contribution < -0.4 is 0 Å². The van der Waals surface area contributed by atoms with Crippen LogP contribution in [0.4, 0.5) is 0 Å². The predicted octanol–water partition coefficient (Wildman–Crippen LogP) is 5.25. The maximum absolute atomic E-state index is 12.1. The molecule has 0 amide bonds. The Bertz CT molecular complexity index is 634. The number of aliphatic carboxylic acids is 2. The van der Waals surface area contributed by atoms with Crippen LogP contribution in [0.25, 0.3) is 0 Å². The Hall–Kier alpha value is -1.19. The van der Waals surface area contributed by atoms with Gasteiger partial charge in [-0.15, -0.1) is 10.9 Å². The fraction of sp³-hybridized carbons (Fsp3) is 0.826. The van der Waals surface area contributed by atoms with Crippen molar-refractivity contribution in [2.75, 3.05) is 0 Å². The van der Waals surface area contributed by atoms with Crippen LogP contribution in [0.5, 0.6) is 0 Å². The Labute approximate surface area is 180 Å². The Morgan fingerprint density at radius 3 is 1.52 bits per heavy atom. The molecule has 0 bridgehead atoms. The van der Waals surface area contributed by atoms with Crippen LogP contribution in [-0.4, -0.2) is 37.8 Å². The summed E-state index contributed by atoms with van der Waals surface area (Å²) in [5.41, 5.74) is -0.353. The number of hydrogen-bond acceptors (Lipinski definition) is 2. The summed E-state index contributed by atoms with van der Waals surface area (Å²) < 4.78 is 0. The third-order valence-corrected chi connectivity index (χ3v) is 5.29. The van der Waals surface area contributed by atoms with Gasteiger partial charge in [0.05, 0.1) is 12.3 Å². The van der Waals surface area contributed by atoms with Crippen molar-refractivity contribution in [1.82, 2.24) is 0 Å². The standard InChI is InChI=1S/C23H40B2O4/c1-20(2,3)12-22(7,8)16(14(19(28)29)11-15(26)27)17(24)18(25)23(9,10)13-21(4,5)6/h14,16H,11-13H2,1-10H3,(H,26,27)(H,28,29)/b18-17+. The fourth-order valence-corrected chi connectivity index (χ4v) is 5.17. The topological polar surface area (TPSA) is 74.6 Å². The Morgan fingerprint density at radius 1 is 0.793 bits per heavy atom. The average Bonchev–Trinajstić information content (AvgIpc) is 2.39. The molecule has 0 aliphatic rings. The van der Waals surface area contributed by atoms with E-state index in [2.05, 4.69) is 41.5 Å². The third kappa shape index (κ3) is 9.00. The van der Waals surface area contributed by atoms with E-state index in [4.69, 9.17) is 15.7 Å². The molecular weight excluding hydrogens is 362 g/mol. The van der Waals surface area contributed by atoms with E-state index in [-0.39, 0.29) is 10.8 Å². The van der Waals surface area contributed by atoms with Gasteiger partial charge in [0.25, 0.3) is 0 Å². The Morgan fingerprint density at radius 2 is 1.21 bits per heavy atom. The lowest BCUT2D eigenvalue weighted by molar-refractivity contribution is -0.151. The molecular formula is C23H40B2O4. The van der Waals surface area contributed by atoms with Crippen molar-refractivity contribution in [3.8, 4) is 0 Å². The highest BCUT2D eigenvalue weighted by Gasteiger charge is 2.44. The van der Waals surface area contributed by atoms with E-state index in [0.29, 0.717) is 17.4 Å². The lowest BCUT2D eigenvalue weighted by Crippen LogP contribution is -2.41. The second-order valence-electron chi connectivity index (χ2n) is 12.2. The van der Waals surface area contributed by atoms with Gasteiger partial charge in [0.15, 0.2) is 0 Å². The zero-order valence-corrected chi connectivity index (χ0v) is 20.1. The molecule has 0 aromatic heterocycles. The summed E-state index contributed by atoms with van der Waals surface area (Å²) in [5.74, 6) is -4.18. The first-order chi connectivity index (χ1) is 12.6. The van der Waals surface area contributed by atoms with Crippen LogP contribution >= 0.6 is 0 Å². The molecule has 29 heavy (non-hydrogen) atoms. The first-order valence-corrected chi connectivity index (χ1v) is 10.3. The van der Waals surface area contributed by atoms with Gasteiger partial charge in [-0.05, 0) is 40.4 Å². The molecule has 0 rings (SSSR count). The maximum Gasteiger partial charge on any atom is 0.307 e. The second-order valence-corrected chi connectivity index (χ2v) is 12.2. The molecule has 0 fully saturated rings. The van der Waals surface area contributed by atoms with E-state index < -0.39 is 41.0 Å². The van der Waals surface area contributed by atoms with Crippen molar-refractivity contribution in [1.29, 1.82) is 0 Å². The first kappa shape index (κ1) is 27.8. The molecule has 0 heterocycles. The van der Waals surface area contributed by atoms with Gasteiger partial charge < -0.3 is 10.2 Å². The summed E-state index contributed by atoms with van der Waals surface area (Å²) in [6, 6.07) is 0. The van der Waals surface area contributed by atoms with Gasteiger partial charge in [-0.2, -0.15) is 0 Å². The third-order valence-electron chi connectivity index (χ3n) is 5.29. The normalized spacial score (nSPS) is 16.8. The van der Waals surface area contributed by atoms with E-state index in [1.165, 1.54) is 0 Å². The molecule has 0 aromatic rings. The summed E-state index contributed by atoms with van der Waals surface area (Å²) in [6.45, 7) is 20.5. The number of carboxylic acids is 2. The first-order valence-electron chi connectivity index (χ1n) is 10.3. The van der Waals surface area contributed by atoms with Crippen molar-refractivity contribution in [3.63, 3.8) is 0 Å². The Balaban J connectivity index is 6.62. The van der Waals surface area contributed by atoms with Crippen LogP contribution in [0.15, 0.2) is 10.9 Å². The van der Waals surface area contributed by atoms with Gasteiger partial charge in [0, 0.05) is 0 Å². The Kier molecular flexibility index (Phi) is 8.92. The van der Waals surface area contributed by atoms with Crippen molar-refractivity contribution in [2.24, 2.45) is 33.5 Å². The second kappa shape index (κ2) is 9.31. The van der Waals surface area contributed by atoms with Crippen molar-refractivity contribution in [3.05, 3.63) is 10.9 Å². The van der Waals surface area contributed by atoms with Crippen LogP contribution in [-0.2, 0) is 9.59 Å². The SMILES string of the molecule is [B]/C(=C(/[B])C(C)(C)CC(C)(C)C)C(C(CC(=O)O)C(=O)O)C(C)(C)CC(C)(C)C. The van der Waals surface area contributed by atoms with Crippen LogP contribution in [0.1, 0.15) is 88.5 Å². The lowest BCUT2D eigenvalue weighted by Gasteiger charge is -2.45. The largest absolute Gasteiger partial charge is 0.481 e. The molecule has 0 aliphatic carbocycles. The number of rotatable bonds is 9. The summed E-state index contributed by atoms with van der Waals surface area (Å²) in [7, 11) is 13.1. The molecule has 0 saturated carbocycles. The molecule has 0 aliphatic heterocycles. The van der Waals surface area contributed by atoms with E-state index in [1.807, 2.05) is 27.7 Å². The molecule has 0 saturated heterocycles. The van der Waals surface area contributed by atoms with Crippen LogP contribution in [0.2, 0.25) is 0 Å². The quantitative estimate of drug-likeness (QED) is 0.517. The molecule has 0 spiro atoms. The maximum atomic E-state index is 12.1. The van der Waals surface area contributed by atoms with Crippen molar-refractivity contribution in [2.45, 2.75) is 88.5 Å². The molecule has 2 unspecified atom stereocenters. The summed E-state index contributed by atoms with van der Waals surface area (Å²) in [5, 5.41) is 19.3. The molecule has 6 heteroatoms. The fourth-order valence-electron chi connectivity index (χ4n) is 5.17. The minimum atomic E-state index is -1.16. The highest BCUT2D eigenvalue weighted by molar-refractivity contribution is 6.32. The molecule has 0 aromatic carbocycles. The van der Waals surface area contributed by atoms with Crippen LogP contribution in [0, 0.1) is 33.5 Å². The summed E-state index contributed by atoms with van der Waals surface area (Å²) in [6.07, 6.45) is 0.929. The number of allylic oxidation sites excluding steroid dienone is 2. The van der Waals surface area contributed by atoms with E-state index in [0.717, 1.165) is 6.42 Å². The van der Waals surface area contributed by atoms with Gasteiger partial charge >= 0.3 is 11.9 Å². The highest BCUT2D eigenvalue weighted by Crippen LogP contribution is 2.48. The van der Waals surface area contributed by atoms with Gasteiger partial charge in [-0.1, -0.05) is 69.2 Å². The molecule has 4 radical (unpaired) electrons. The van der Waals surface area contributed by atoms with Crippen molar-refractivity contribution >= 4 is 27.6 Å². The molecule has 162 valence electrons. The molecule has 2 N–H and O–H groups in total. The van der Waals surface area contributed by atoms with Gasteiger partial charge in [-0.3, -0.25) is 9.59 Å². The molecule has 4 nitrogen and oxygen atoms in total. The molecule has 2 atom stereocenters. The lowest BCUT2D eigenvalue weighted by atomic mass is 9.53. The average molecular weight is 402 g/mol. The predicted molar refractivity (Wildman–Crippen MR) is 121 cm³/mol. The highest BCUT2D eigenvalue weighted by atomic mass is 16.4. The van der Waals surface area contributed by atoms with E-state index in [9.17, 15) is 19.8 Å². The van der Waals surface area contributed by atoms with Crippen molar-refractivity contribution < 1.29 is 19.8 Å². The van der Waals surface area contributed by atoms with Crippen LogP contribution in [0.3, 0.4) is 0 Å². The number of carboxylic acid groups (broad SMARTS) is 2. The van der Waals surface area contributed by atoms with Gasteiger partial charge in [-0.25, -0.2) is 0 Å². The van der Waals surface area contributed by atoms with Gasteiger partial charge in [0.2, 0.25) is 0 Å². The monoisotopic (exact) mass is 402 g/mol. The van der Waals surface area contributed by atoms with Gasteiger partial charge in [0.1, 0.15) is 15.7 Å². The minimum Gasteiger partial charge on any atom is -0.481 e. The van der Waals surface area contributed by atoms with E-state index >= 15 is 0 Å². The number of carbonyl (C=O) groups is 2. The summed E-state index contributed by atoms with van der Waals surface area (Å²) in [4.78, 5) is 23.6. The minimum absolute atomic E-state index is 0.00190. The summed E-state index contributed by atoms with van der Waals surface area (Å²) >= 11 is 0. The smallest absolute Gasteiger partial charge is 0.307 e. The zero-order valence-electron chi connectivity index (χ0n) is 20.1. The number of hydrogen-bond donors (Lipinski definition) is 2.